The van der Waals surface area contributed by atoms with Crippen LogP contribution in [0.5, 0.6) is 0 Å². The third kappa shape index (κ3) is 5.42. The van der Waals surface area contributed by atoms with Gasteiger partial charge < -0.3 is 10.2 Å². The molecule has 1 saturated heterocycles. The number of piperazine rings is 1. The van der Waals surface area contributed by atoms with Crippen LogP contribution in [-0.4, -0.2) is 54.3 Å². The molecule has 28 heavy (non-hydrogen) atoms. The Morgan fingerprint density at radius 3 is 2.14 bits per heavy atom. The van der Waals surface area contributed by atoms with Gasteiger partial charge in [0.25, 0.3) is 5.91 Å². The zero-order chi connectivity index (χ0) is 19.8. The maximum atomic E-state index is 12.9. The summed E-state index contributed by atoms with van der Waals surface area (Å²) in [6.45, 7) is 6.62. The Morgan fingerprint density at radius 1 is 0.929 bits per heavy atom. The first-order chi connectivity index (χ1) is 13.7. The van der Waals surface area contributed by atoms with Gasteiger partial charge in [-0.15, -0.1) is 0 Å². The molecule has 1 N–H and O–H groups in total. The summed E-state index contributed by atoms with van der Waals surface area (Å²) in [6, 6.07) is 18.5. The van der Waals surface area contributed by atoms with Crippen LogP contribution in [0.1, 0.15) is 41.7 Å². The van der Waals surface area contributed by atoms with Crippen molar-refractivity contribution in [2.75, 3.05) is 32.7 Å². The van der Waals surface area contributed by atoms with Crippen LogP contribution in [0, 0.1) is 0 Å². The second kappa shape index (κ2) is 10.0. The predicted molar refractivity (Wildman–Crippen MR) is 111 cm³/mol. The van der Waals surface area contributed by atoms with E-state index in [1.54, 1.807) is 12.1 Å². The monoisotopic (exact) mass is 379 g/mol. The van der Waals surface area contributed by atoms with E-state index in [0.29, 0.717) is 5.56 Å². The molecule has 2 amide bonds. The largest absolute Gasteiger partial charge is 0.345 e. The summed E-state index contributed by atoms with van der Waals surface area (Å²) in [5, 5.41) is 3.05. The first-order valence-electron chi connectivity index (χ1n) is 10.1. The Morgan fingerprint density at radius 2 is 1.54 bits per heavy atom. The molecule has 1 aliphatic rings. The first kappa shape index (κ1) is 20.1. The summed E-state index contributed by atoms with van der Waals surface area (Å²) < 4.78 is 0. The van der Waals surface area contributed by atoms with E-state index in [1.807, 2.05) is 53.4 Å². The Balaban J connectivity index is 1.66. The van der Waals surface area contributed by atoms with Gasteiger partial charge in [0.15, 0.2) is 0 Å². The smallest absolute Gasteiger partial charge is 0.251 e. The number of carbonyl (C=O) groups excluding carboxylic acids is 2. The van der Waals surface area contributed by atoms with Crippen LogP contribution < -0.4 is 5.32 Å². The van der Waals surface area contributed by atoms with Crippen molar-refractivity contribution in [3.05, 3.63) is 71.8 Å². The molecule has 0 bridgehead atoms. The van der Waals surface area contributed by atoms with Crippen LogP contribution in [-0.2, 0) is 4.79 Å². The molecule has 0 unspecified atom stereocenters. The molecule has 5 nitrogen and oxygen atoms in total. The number of rotatable bonds is 7. The number of benzene rings is 2. The number of nitrogens with one attached hydrogen (secondary N) is 1. The highest BCUT2D eigenvalue weighted by atomic mass is 16.2. The molecule has 0 aliphatic carbocycles. The zero-order valence-corrected chi connectivity index (χ0v) is 16.5. The number of amides is 2. The molecule has 0 radical (unpaired) electrons. The van der Waals surface area contributed by atoms with Crippen LogP contribution >= 0.6 is 0 Å². The van der Waals surface area contributed by atoms with Crippen molar-refractivity contribution in [3.8, 4) is 0 Å². The second-order valence-electron chi connectivity index (χ2n) is 7.23. The highest BCUT2D eigenvalue weighted by Crippen LogP contribution is 2.19. The van der Waals surface area contributed by atoms with E-state index >= 15 is 0 Å². The minimum Gasteiger partial charge on any atom is -0.345 e. The van der Waals surface area contributed by atoms with Gasteiger partial charge in [-0.2, -0.15) is 0 Å². The molecule has 148 valence electrons. The lowest BCUT2D eigenvalue weighted by molar-refractivity contribution is -0.133. The summed E-state index contributed by atoms with van der Waals surface area (Å²) in [5.41, 5.74) is 1.55. The van der Waals surface area contributed by atoms with Crippen molar-refractivity contribution in [3.63, 3.8) is 0 Å². The number of hydrogen-bond acceptors (Lipinski definition) is 3. The third-order valence-corrected chi connectivity index (χ3v) is 5.19. The predicted octanol–water partition coefficient (Wildman–Crippen LogP) is 3.10. The van der Waals surface area contributed by atoms with Crippen LogP contribution in [0.2, 0.25) is 0 Å². The lowest BCUT2D eigenvalue weighted by Crippen LogP contribution is -2.49. The number of carbonyl (C=O) groups is 2. The molecule has 1 atom stereocenters. The molecule has 1 heterocycles. The van der Waals surface area contributed by atoms with Crippen LogP contribution in [0.4, 0.5) is 0 Å². The minimum atomic E-state index is -0.338. The van der Waals surface area contributed by atoms with E-state index in [9.17, 15) is 9.59 Å². The van der Waals surface area contributed by atoms with Crippen molar-refractivity contribution in [1.29, 1.82) is 0 Å². The average Bonchev–Trinajstić information content (AvgIpc) is 2.75. The fourth-order valence-electron chi connectivity index (χ4n) is 3.61. The average molecular weight is 380 g/mol. The number of nitrogens with zero attached hydrogens (tertiary/aromatic N) is 2. The molecule has 2 aromatic rings. The SMILES string of the molecule is CCCN1CCN(C(=O)C[C@H](NC(=O)c2ccccc2)c2ccccc2)CC1. The van der Waals surface area contributed by atoms with Gasteiger partial charge in [0, 0.05) is 31.7 Å². The lowest BCUT2D eigenvalue weighted by Gasteiger charge is -2.35. The topological polar surface area (TPSA) is 52.6 Å². The van der Waals surface area contributed by atoms with Gasteiger partial charge >= 0.3 is 0 Å². The summed E-state index contributed by atoms with van der Waals surface area (Å²) in [5.74, 6) is -0.0617. The minimum absolute atomic E-state index is 0.0957. The lowest BCUT2D eigenvalue weighted by atomic mass is 10.0. The van der Waals surface area contributed by atoms with E-state index < -0.39 is 0 Å². The second-order valence-corrected chi connectivity index (χ2v) is 7.23. The fraction of sp³-hybridized carbons (Fsp3) is 0.391. The highest BCUT2D eigenvalue weighted by molar-refractivity contribution is 5.94. The molecule has 2 aromatic carbocycles. The molecule has 3 rings (SSSR count). The Hall–Kier alpha value is -2.66. The van der Waals surface area contributed by atoms with Crippen molar-refractivity contribution >= 4 is 11.8 Å². The molecule has 1 fully saturated rings. The van der Waals surface area contributed by atoms with Gasteiger partial charge in [-0.3, -0.25) is 14.5 Å². The van der Waals surface area contributed by atoms with Crippen molar-refractivity contribution in [2.45, 2.75) is 25.8 Å². The van der Waals surface area contributed by atoms with E-state index in [4.69, 9.17) is 0 Å². The molecular formula is C23H29N3O2. The van der Waals surface area contributed by atoms with E-state index in [2.05, 4.69) is 17.1 Å². The Labute approximate surface area is 167 Å². The molecular weight excluding hydrogens is 350 g/mol. The normalized spacial score (nSPS) is 15.8. The number of hydrogen-bond donors (Lipinski definition) is 1. The third-order valence-electron chi connectivity index (χ3n) is 5.19. The van der Waals surface area contributed by atoms with E-state index in [-0.39, 0.29) is 24.3 Å². The van der Waals surface area contributed by atoms with Crippen LogP contribution in [0.25, 0.3) is 0 Å². The van der Waals surface area contributed by atoms with E-state index in [1.165, 1.54) is 0 Å². The Kier molecular flexibility index (Phi) is 7.20. The fourth-order valence-corrected chi connectivity index (χ4v) is 3.61. The summed E-state index contributed by atoms with van der Waals surface area (Å²) in [6.07, 6.45) is 1.41. The van der Waals surface area contributed by atoms with Crippen molar-refractivity contribution < 1.29 is 9.59 Å². The van der Waals surface area contributed by atoms with Gasteiger partial charge in [-0.05, 0) is 30.7 Å². The molecule has 5 heteroatoms. The maximum absolute atomic E-state index is 12.9. The molecule has 0 aromatic heterocycles. The molecule has 1 aliphatic heterocycles. The maximum Gasteiger partial charge on any atom is 0.251 e. The molecule has 0 saturated carbocycles. The van der Waals surface area contributed by atoms with Crippen molar-refractivity contribution in [2.24, 2.45) is 0 Å². The summed E-state index contributed by atoms with van der Waals surface area (Å²) >= 11 is 0. The van der Waals surface area contributed by atoms with Gasteiger partial charge in [-0.1, -0.05) is 55.5 Å². The van der Waals surface area contributed by atoms with Crippen molar-refractivity contribution in [1.82, 2.24) is 15.1 Å². The van der Waals surface area contributed by atoms with Gasteiger partial charge in [0.1, 0.15) is 0 Å². The Bertz CT molecular complexity index is 756. The first-order valence-corrected chi connectivity index (χ1v) is 10.1. The van der Waals surface area contributed by atoms with Crippen LogP contribution in [0.15, 0.2) is 60.7 Å². The highest BCUT2D eigenvalue weighted by Gasteiger charge is 2.25. The van der Waals surface area contributed by atoms with Crippen LogP contribution in [0.3, 0.4) is 0 Å². The van der Waals surface area contributed by atoms with Gasteiger partial charge in [0.2, 0.25) is 5.91 Å². The summed E-state index contributed by atoms with van der Waals surface area (Å²) in [7, 11) is 0. The zero-order valence-electron chi connectivity index (χ0n) is 16.5. The standard InChI is InChI=1S/C23H29N3O2/c1-2-13-25-14-16-26(17-15-25)22(27)18-21(19-9-5-3-6-10-19)24-23(28)20-11-7-4-8-12-20/h3-12,21H,2,13-18H2,1H3,(H,24,28)/t21-/m0/s1. The quantitative estimate of drug-likeness (QED) is 0.804. The summed E-state index contributed by atoms with van der Waals surface area (Å²) in [4.78, 5) is 29.9. The van der Waals surface area contributed by atoms with E-state index in [0.717, 1.165) is 44.7 Å². The molecule has 0 spiro atoms. The van der Waals surface area contributed by atoms with Gasteiger partial charge in [0.05, 0.1) is 12.5 Å². The van der Waals surface area contributed by atoms with Gasteiger partial charge in [-0.25, -0.2) is 0 Å².